The topological polar surface area (TPSA) is 82.1 Å². The maximum atomic E-state index is 12.0. The molecule has 0 spiro atoms. The Bertz CT molecular complexity index is 377. The molecule has 88 valence electrons. The number of aliphatic hydroxyl groups is 1. The number of nitrogens with zero attached hydrogens (tertiary/aromatic N) is 3. The molecular formula is C10H16N4O2. The van der Waals surface area contributed by atoms with Crippen molar-refractivity contribution in [2.45, 2.75) is 32.2 Å². The van der Waals surface area contributed by atoms with Gasteiger partial charge in [-0.25, -0.2) is 4.98 Å². The molecule has 1 fully saturated rings. The van der Waals surface area contributed by atoms with Crippen LogP contribution in [0.5, 0.6) is 0 Å². The molecule has 0 aromatic carbocycles. The van der Waals surface area contributed by atoms with Crippen molar-refractivity contribution < 1.29 is 9.90 Å². The number of hydrogen-bond donors (Lipinski definition) is 2. The average Bonchev–Trinajstić information content (AvgIpc) is 2.96. The summed E-state index contributed by atoms with van der Waals surface area (Å²) >= 11 is 0. The molecule has 1 unspecified atom stereocenters. The Kier molecular flexibility index (Phi) is 3.19. The molecule has 0 radical (unpaired) electrons. The number of rotatable bonds is 3. The summed E-state index contributed by atoms with van der Waals surface area (Å²) in [6.45, 7) is 2.64. The summed E-state index contributed by atoms with van der Waals surface area (Å²) in [6, 6.07) is -0.0731. The zero-order chi connectivity index (χ0) is 11.5. The second-order valence-corrected chi connectivity index (χ2v) is 3.94. The van der Waals surface area contributed by atoms with Gasteiger partial charge in [-0.2, -0.15) is 0 Å². The standard InChI is InChI=1S/C10H16N4O2/c1-2-8-11-9(13-12-8)10(16)14-5-3-4-7(14)6-15/h7,15H,2-6H2,1H3,(H,11,12,13). The number of aliphatic hydroxyl groups excluding tert-OH is 1. The van der Waals surface area contributed by atoms with Crippen LogP contribution in [0.2, 0.25) is 0 Å². The number of carbonyl (C=O) groups excluding carboxylic acids is 1. The molecule has 0 saturated carbocycles. The molecule has 2 heterocycles. The fraction of sp³-hybridized carbons (Fsp3) is 0.700. The van der Waals surface area contributed by atoms with Gasteiger partial charge < -0.3 is 10.0 Å². The first kappa shape index (κ1) is 11.1. The molecule has 1 amide bonds. The highest BCUT2D eigenvalue weighted by Crippen LogP contribution is 2.18. The molecule has 6 nitrogen and oxygen atoms in total. The number of amides is 1. The second-order valence-electron chi connectivity index (χ2n) is 3.94. The van der Waals surface area contributed by atoms with Crippen molar-refractivity contribution in [1.29, 1.82) is 0 Å². The molecule has 1 atom stereocenters. The molecular weight excluding hydrogens is 208 g/mol. The number of likely N-dealkylation sites (tertiary alicyclic amines) is 1. The molecule has 6 heteroatoms. The van der Waals surface area contributed by atoms with E-state index in [1.54, 1.807) is 4.90 Å². The van der Waals surface area contributed by atoms with Crippen molar-refractivity contribution in [1.82, 2.24) is 20.1 Å². The highest BCUT2D eigenvalue weighted by atomic mass is 16.3. The van der Waals surface area contributed by atoms with Crippen LogP contribution < -0.4 is 0 Å². The molecule has 1 aromatic rings. The number of aryl methyl sites for hydroxylation is 1. The second kappa shape index (κ2) is 4.61. The van der Waals surface area contributed by atoms with E-state index in [2.05, 4.69) is 15.2 Å². The Morgan fingerprint density at radius 2 is 2.50 bits per heavy atom. The fourth-order valence-corrected chi connectivity index (χ4v) is 1.97. The Hall–Kier alpha value is -1.43. The minimum Gasteiger partial charge on any atom is -0.394 e. The lowest BCUT2D eigenvalue weighted by molar-refractivity contribution is 0.0666. The predicted octanol–water partition coefficient (Wildman–Crippen LogP) is -0.0360. The van der Waals surface area contributed by atoms with Gasteiger partial charge in [0.1, 0.15) is 5.82 Å². The van der Waals surface area contributed by atoms with Crippen LogP contribution in [0, 0.1) is 0 Å². The van der Waals surface area contributed by atoms with Gasteiger partial charge in [0, 0.05) is 13.0 Å². The van der Waals surface area contributed by atoms with Crippen LogP contribution in [-0.2, 0) is 6.42 Å². The summed E-state index contributed by atoms with van der Waals surface area (Å²) < 4.78 is 0. The molecule has 2 rings (SSSR count). The van der Waals surface area contributed by atoms with E-state index in [0.717, 1.165) is 19.3 Å². The molecule has 2 N–H and O–H groups in total. The third-order valence-corrected chi connectivity index (χ3v) is 2.91. The average molecular weight is 224 g/mol. The van der Waals surface area contributed by atoms with Gasteiger partial charge in [0.05, 0.1) is 12.6 Å². The molecule has 1 saturated heterocycles. The molecule has 1 aliphatic heterocycles. The van der Waals surface area contributed by atoms with Gasteiger partial charge in [0.15, 0.2) is 0 Å². The van der Waals surface area contributed by atoms with Crippen molar-refractivity contribution in [3.63, 3.8) is 0 Å². The first-order chi connectivity index (χ1) is 7.76. The van der Waals surface area contributed by atoms with E-state index < -0.39 is 0 Å². The summed E-state index contributed by atoms with van der Waals surface area (Å²) in [4.78, 5) is 17.8. The quantitative estimate of drug-likeness (QED) is 0.755. The first-order valence-electron chi connectivity index (χ1n) is 5.59. The van der Waals surface area contributed by atoms with E-state index in [-0.39, 0.29) is 24.4 Å². The highest BCUT2D eigenvalue weighted by Gasteiger charge is 2.30. The van der Waals surface area contributed by atoms with Crippen molar-refractivity contribution in [3.05, 3.63) is 11.6 Å². The Labute approximate surface area is 93.7 Å². The number of aromatic nitrogens is 3. The molecule has 1 aromatic heterocycles. The van der Waals surface area contributed by atoms with Crippen molar-refractivity contribution in [3.8, 4) is 0 Å². The van der Waals surface area contributed by atoms with Gasteiger partial charge in [0.25, 0.3) is 5.91 Å². The number of aromatic amines is 1. The monoisotopic (exact) mass is 224 g/mol. The number of hydrogen-bond acceptors (Lipinski definition) is 4. The third kappa shape index (κ3) is 1.92. The maximum absolute atomic E-state index is 12.0. The van der Waals surface area contributed by atoms with Gasteiger partial charge in [-0.1, -0.05) is 6.92 Å². The van der Waals surface area contributed by atoms with Gasteiger partial charge in [-0.15, -0.1) is 5.10 Å². The van der Waals surface area contributed by atoms with Gasteiger partial charge in [0.2, 0.25) is 5.82 Å². The number of H-pyrrole nitrogens is 1. The summed E-state index contributed by atoms with van der Waals surface area (Å²) in [5, 5.41) is 15.8. The van der Waals surface area contributed by atoms with Crippen molar-refractivity contribution >= 4 is 5.91 Å². The zero-order valence-electron chi connectivity index (χ0n) is 9.31. The van der Waals surface area contributed by atoms with Crippen molar-refractivity contribution in [2.24, 2.45) is 0 Å². The zero-order valence-corrected chi connectivity index (χ0v) is 9.31. The Balaban J connectivity index is 2.12. The Morgan fingerprint density at radius 3 is 3.12 bits per heavy atom. The first-order valence-corrected chi connectivity index (χ1v) is 5.59. The van der Waals surface area contributed by atoms with Gasteiger partial charge in [-0.3, -0.25) is 9.89 Å². The smallest absolute Gasteiger partial charge is 0.293 e. The van der Waals surface area contributed by atoms with E-state index in [0.29, 0.717) is 12.4 Å². The van der Waals surface area contributed by atoms with E-state index in [4.69, 9.17) is 5.11 Å². The van der Waals surface area contributed by atoms with Crippen LogP contribution in [0.3, 0.4) is 0 Å². The SMILES string of the molecule is CCc1nc(C(=O)N2CCCC2CO)n[nH]1. The lowest BCUT2D eigenvalue weighted by Crippen LogP contribution is -2.38. The summed E-state index contributed by atoms with van der Waals surface area (Å²) in [5.41, 5.74) is 0. The highest BCUT2D eigenvalue weighted by molar-refractivity contribution is 5.90. The lowest BCUT2D eigenvalue weighted by atomic mass is 10.2. The van der Waals surface area contributed by atoms with E-state index in [9.17, 15) is 4.79 Å². The minimum atomic E-state index is -0.187. The van der Waals surface area contributed by atoms with Gasteiger partial charge in [-0.05, 0) is 12.8 Å². The summed E-state index contributed by atoms with van der Waals surface area (Å²) in [5.74, 6) is 0.729. The summed E-state index contributed by atoms with van der Waals surface area (Å²) in [7, 11) is 0. The van der Waals surface area contributed by atoms with E-state index in [1.807, 2.05) is 6.92 Å². The van der Waals surface area contributed by atoms with Crippen molar-refractivity contribution in [2.75, 3.05) is 13.2 Å². The summed E-state index contributed by atoms with van der Waals surface area (Å²) in [6.07, 6.45) is 2.51. The maximum Gasteiger partial charge on any atom is 0.293 e. The van der Waals surface area contributed by atoms with E-state index >= 15 is 0 Å². The number of nitrogens with one attached hydrogen (secondary N) is 1. The molecule has 16 heavy (non-hydrogen) atoms. The third-order valence-electron chi connectivity index (χ3n) is 2.91. The minimum absolute atomic E-state index is 0.0107. The molecule has 0 aliphatic carbocycles. The van der Waals surface area contributed by atoms with E-state index in [1.165, 1.54) is 0 Å². The fourth-order valence-electron chi connectivity index (χ4n) is 1.97. The van der Waals surface area contributed by atoms with Gasteiger partial charge >= 0.3 is 0 Å². The van der Waals surface area contributed by atoms with Crippen LogP contribution in [-0.4, -0.2) is 50.3 Å². The lowest BCUT2D eigenvalue weighted by Gasteiger charge is -2.21. The predicted molar refractivity (Wildman–Crippen MR) is 56.9 cm³/mol. The van der Waals surface area contributed by atoms with Crippen LogP contribution in [0.1, 0.15) is 36.2 Å². The molecule has 1 aliphatic rings. The molecule has 0 bridgehead atoms. The normalized spacial score (nSPS) is 20.4. The Morgan fingerprint density at radius 1 is 1.69 bits per heavy atom. The number of carbonyl (C=O) groups is 1. The van der Waals surface area contributed by atoms with Crippen LogP contribution in [0.25, 0.3) is 0 Å². The van der Waals surface area contributed by atoms with Crippen LogP contribution in [0.4, 0.5) is 0 Å². The van der Waals surface area contributed by atoms with Crippen LogP contribution >= 0.6 is 0 Å². The largest absolute Gasteiger partial charge is 0.394 e. The van der Waals surface area contributed by atoms with Crippen LogP contribution in [0.15, 0.2) is 0 Å².